The molecule has 9 heteroatoms. The van der Waals surface area contributed by atoms with E-state index in [1.165, 1.54) is 24.0 Å². The Morgan fingerprint density at radius 3 is 2.52 bits per heavy atom. The normalized spacial score (nSPS) is 10.6. The van der Waals surface area contributed by atoms with Crippen LogP contribution in [0.25, 0.3) is 16.7 Å². The maximum Gasteiger partial charge on any atom is 0.335 e. The number of carbonyl (C=O) groups is 2. The van der Waals surface area contributed by atoms with Gasteiger partial charge in [0.25, 0.3) is 0 Å². The number of carbonyl (C=O) groups excluding carboxylic acids is 1. The Kier molecular flexibility index (Phi) is 5.77. The van der Waals surface area contributed by atoms with E-state index in [9.17, 15) is 9.59 Å². The average molecular weight is 397 g/mol. The van der Waals surface area contributed by atoms with Gasteiger partial charge in [0.2, 0.25) is 0 Å². The minimum atomic E-state index is -1.03. The number of benzene rings is 2. The van der Waals surface area contributed by atoms with E-state index in [0.29, 0.717) is 33.8 Å². The zero-order valence-corrected chi connectivity index (χ0v) is 15.9. The number of aromatic carboxylic acids is 1. The highest BCUT2D eigenvalue weighted by molar-refractivity contribution is 5.92. The van der Waals surface area contributed by atoms with Crippen LogP contribution in [0.2, 0.25) is 0 Å². The van der Waals surface area contributed by atoms with E-state index < -0.39 is 11.9 Å². The minimum absolute atomic E-state index is 0.0780. The van der Waals surface area contributed by atoms with Gasteiger partial charge in [-0.25, -0.2) is 9.59 Å². The van der Waals surface area contributed by atoms with Crippen LogP contribution in [0.15, 0.2) is 48.6 Å². The monoisotopic (exact) mass is 397 g/mol. The number of fused-ring (bicyclic) bond motifs is 1. The van der Waals surface area contributed by atoms with E-state index in [-0.39, 0.29) is 18.8 Å². The molecule has 1 heterocycles. The maximum absolute atomic E-state index is 11.4. The molecule has 3 rings (SSSR count). The van der Waals surface area contributed by atoms with Crippen molar-refractivity contribution in [3.63, 3.8) is 0 Å². The summed E-state index contributed by atoms with van der Waals surface area (Å²) >= 11 is 0. The lowest BCUT2D eigenvalue weighted by molar-refractivity contribution is -0.139. The van der Waals surface area contributed by atoms with Gasteiger partial charge in [-0.2, -0.15) is 4.80 Å². The molecule has 3 aromatic rings. The first-order chi connectivity index (χ1) is 13.9. The fourth-order valence-electron chi connectivity index (χ4n) is 2.47. The smallest absolute Gasteiger partial charge is 0.335 e. The molecule has 0 atom stereocenters. The fraction of sp³-hybridized carbons (Fsp3) is 0.200. The highest BCUT2D eigenvalue weighted by atomic mass is 16.6. The number of aromatic nitrogens is 3. The van der Waals surface area contributed by atoms with Crippen molar-refractivity contribution in [3.05, 3.63) is 54.1 Å². The lowest BCUT2D eigenvalue weighted by Crippen LogP contribution is -2.12. The highest BCUT2D eigenvalue weighted by Crippen LogP contribution is 2.29. The topological polar surface area (TPSA) is 113 Å². The number of hydrogen-bond donors (Lipinski definition) is 1. The second-order valence-corrected chi connectivity index (χ2v) is 6.10. The van der Waals surface area contributed by atoms with Gasteiger partial charge in [-0.05, 0) is 37.3 Å². The Labute approximate surface area is 166 Å². The molecule has 0 saturated heterocycles. The summed E-state index contributed by atoms with van der Waals surface area (Å²) in [7, 11) is 1.50. The quantitative estimate of drug-likeness (QED) is 0.351. The molecule has 2 aromatic carbocycles. The predicted molar refractivity (Wildman–Crippen MR) is 104 cm³/mol. The van der Waals surface area contributed by atoms with Crippen LogP contribution in [0.3, 0.4) is 0 Å². The second-order valence-electron chi connectivity index (χ2n) is 6.10. The van der Waals surface area contributed by atoms with Gasteiger partial charge in [-0.3, -0.25) is 0 Å². The Morgan fingerprint density at radius 2 is 1.83 bits per heavy atom. The van der Waals surface area contributed by atoms with Crippen LogP contribution in [0.5, 0.6) is 11.5 Å². The maximum atomic E-state index is 11.4. The van der Waals surface area contributed by atoms with Crippen molar-refractivity contribution < 1.29 is 28.9 Å². The molecule has 0 amide bonds. The van der Waals surface area contributed by atoms with E-state index >= 15 is 0 Å². The summed E-state index contributed by atoms with van der Waals surface area (Å²) in [5, 5.41) is 17.8. The van der Waals surface area contributed by atoms with E-state index in [2.05, 4.69) is 16.8 Å². The standard InChI is InChI=1S/C20H19N3O6/c1-12(2)20(26)29-9-8-28-17-7-5-14(11-18(17)27-3)23-21-15-6-4-13(19(24)25)10-16(15)22-23/h4-7,10-11H,1,8-9H2,2-3H3,(H,24,25). The zero-order chi connectivity index (χ0) is 21.0. The van der Waals surface area contributed by atoms with Gasteiger partial charge in [0.1, 0.15) is 24.2 Å². The van der Waals surface area contributed by atoms with Crippen LogP contribution >= 0.6 is 0 Å². The van der Waals surface area contributed by atoms with E-state index in [4.69, 9.17) is 19.3 Å². The molecule has 1 N–H and O–H groups in total. The van der Waals surface area contributed by atoms with Crippen molar-refractivity contribution in [3.8, 4) is 17.2 Å². The van der Waals surface area contributed by atoms with E-state index in [0.717, 1.165) is 0 Å². The van der Waals surface area contributed by atoms with E-state index in [1.807, 2.05) is 0 Å². The molecule has 150 valence electrons. The first kappa shape index (κ1) is 19.9. The van der Waals surface area contributed by atoms with Crippen molar-refractivity contribution in [2.75, 3.05) is 20.3 Å². The summed E-state index contributed by atoms with van der Waals surface area (Å²) in [5.41, 5.74) is 2.09. The van der Waals surface area contributed by atoms with Gasteiger partial charge in [0, 0.05) is 11.6 Å². The Balaban J connectivity index is 1.76. The number of nitrogens with zero attached hydrogens (tertiary/aromatic N) is 3. The van der Waals surface area contributed by atoms with Crippen molar-refractivity contribution in [1.82, 2.24) is 15.0 Å². The first-order valence-corrected chi connectivity index (χ1v) is 8.63. The Bertz CT molecular complexity index is 1090. The molecule has 1 aromatic heterocycles. The zero-order valence-electron chi connectivity index (χ0n) is 15.9. The van der Waals surface area contributed by atoms with Gasteiger partial charge < -0.3 is 19.3 Å². The Morgan fingerprint density at radius 1 is 1.07 bits per heavy atom. The molecular formula is C20H19N3O6. The minimum Gasteiger partial charge on any atom is -0.493 e. The number of hydrogen-bond acceptors (Lipinski definition) is 7. The van der Waals surface area contributed by atoms with Crippen LogP contribution < -0.4 is 9.47 Å². The van der Waals surface area contributed by atoms with E-state index in [1.54, 1.807) is 31.2 Å². The molecular weight excluding hydrogens is 378 g/mol. The lowest BCUT2D eigenvalue weighted by Gasteiger charge is -2.12. The number of ether oxygens (including phenoxy) is 3. The highest BCUT2D eigenvalue weighted by Gasteiger charge is 2.12. The summed E-state index contributed by atoms with van der Waals surface area (Å²) in [5.74, 6) is -0.592. The predicted octanol–water partition coefficient (Wildman–Crippen LogP) is 2.63. The SMILES string of the molecule is C=C(C)C(=O)OCCOc1ccc(-n2nc3ccc(C(=O)O)cc3n2)cc1OC. The number of carboxylic acids is 1. The molecule has 0 unspecified atom stereocenters. The second kappa shape index (κ2) is 8.42. The molecule has 0 fully saturated rings. The van der Waals surface area contributed by atoms with Gasteiger partial charge in [-0.15, -0.1) is 10.2 Å². The summed E-state index contributed by atoms with van der Waals surface area (Å²) in [6.45, 7) is 5.31. The number of esters is 1. The number of rotatable bonds is 8. The molecule has 29 heavy (non-hydrogen) atoms. The van der Waals surface area contributed by atoms with Crippen LogP contribution in [0.4, 0.5) is 0 Å². The van der Waals surface area contributed by atoms with Crippen LogP contribution in [0, 0.1) is 0 Å². The number of methoxy groups -OCH3 is 1. The summed E-state index contributed by atoms with van der Waals surface area (Å²) < 4.78 is 15.9. The molecule has 0 aliphatic carbocycles. The van der Waals surface area contributed by atoms with Crippen molar-refractivity contribution in [2.24, 2.45) is 0 Å². The third-order valence-electron chi connectivity index (χ3n) is 3.93. The summed E-state index contributed by atoms with van der Waals surface area (Å²) in [6.07, 6.45) is 0. The summed E-state index contributed by atoms with van der Waals surface area (Å²) in [4.78, 5) is 23.8. The van der Waals surface area contributed by atoms with Gasteiger partial charge >= 0.3 is 11.9 Å². The average Bonchev–Trinajstić information content (AvgIpc) is 3.14. The van der Waals surface area contributed by atoms with Crippen LogP contribution in [-0.2, 0) is 9.53 Å². The Hall–Kier alpha value is -3.88. The number of carboxylic acid groups (broad SMARTS) is 1. The fourth-order valence-corrected chi connectivity index (χ4v) is 2.47. The molecule has 0 aliphatic heterocycles. The molecule has 0 saturated carbocycles. The van der Waals surface area contributed by atoms with Crippen molar-refractivity contribution in [2.45, 2.75) is 6.92 Å². The van der Waals surface area contributed by atoms with Crippen molar-refractivity contribution in [1.29, 1.82) is 0 Å². The molecule has 0 spiro atoms. The van der Waals surface area contributed by atoms with Gasteiger partial charge in [0.05, 0.1) is 18.4 Å². The van der Waals surface area contributed by atoms with Crippen LogP contribution in [0.1, 0.15) is 17.3 Å². The van der Waals surface area contributed by atoms with Crippen molar-refractivity contribution >= 4 is 23.0 Å². The third-order valence-corrected chi connectivity index (χ3v) is 3.93. The molecule has 0 radical (unpaired) electrons. The van der Waals surface area contributed by atoms with Crippen LogP contribution in [-0.4, -0.2) is 52.4 Å². The molecule has 0 aliphatic rings. The molecule has 0 bridgehead atoms. The van der Waals surface area contributed by atoms with Gasteiger partial charge in [-0.1, -0.05) is 6.58 Å². The van der Waals surface area contributed by atoms with Gasteiger partial charge in [0.15, 0.2) is 11.5 Å². The third kappa shape index (κ3) is 4.52. The summed E-state index contributed by atoms with van der Waals surface area (Å²) in [6, 6.07) is 9.64. The first-order valence-electron chi connectivity index (χ1n) is 8.63. The lowest BCUT2D eigenvalue weighted by atomic mass is 10.2. The largest absolute Gasteiger partial charge is 0.493 e. The molecule has 9 nitrogen and oxygen atoms in total.